The number of fused-ring (bicyclic) bond motifs is 1. The van der Waals surface area contributed by atoms with Gasteiger partial charge < -0.3 is 10.3 Å². The predicted molar refractivity (Wildman–Crippen MR) is 98.5 cm³/mol. The fourth-order valence-electron chi connectivity index (χ4n) is 3.21. The van der Waals surface area contributed by atoms with Crippen molar-refractivity contribution < 1.29 is 27.1 Å². The molecule has 0 saturated heterocycles. The topological polar surface area (TPSA) is 139 Å². The first-order valence-electron chi connectivity index (χ1n) is 8.70. The van der Waals surface area contributed by atoms with Crippen molar-refractivity contribution in [3.63, 3.8) is 0 Å². The van der Waals surface area contributed by atoms with E-state index in [1.807, 2.05) is 6.92 Å². The zero-order chi connectivity index (χ0) is 20.3. The van der Waals surface area contributed by atoms with Crippen molar-refractivity contribution in [3.05, 3.63) is 35.0 Å². The minimum absolute atomic E-state index is 0.00864. The highest BCUT2D eigenvalue weighted by atomic mass is 32.2. The molecule has 0 spiro atoms. The van der Waals surface area contributed by atoms with Gasteiger partial charge in [0, 0.05) is 11.6 Å². The van der Waals surface area contributed by atoms with Gasteiger partial charge in [-0.2, -0.15) is 14.3 Å². The van der Waals surface area contributed by atoms with Gasteiger partial charge in [0.2, 0.25) is 10.0 Å². The van der Waals surface area contributed by atoms with Crippen molar-refractivity contribution in [2.24, 2.45) is 5.92 Å². The van der Waals surface area contributed by atoms with E-state index in [4.69, 9.17) is 10.3 Å². The van der Waals surface area contributed by atoms with Crippen molar-refractivity contribution in [1.29, 1.82) is 0 Å². The SMILES string of the molecule is C[N+]1=C2C=CC(S(=O)(=O)NC3(C)CC3)=CC2C(=O)N(Cc2cc(N)no2)C1=O. The maximum absolute atomic E-state index is 13.0. The van der Waals surface area contributed by atoms with Crippen LogP contribution in [0.4, 0.5) is 10.6 Å². The molecule has 4 rings (SSSR count). The Morgan fingerprint density at radius 2 is 2.11 bits per heavy atom. The number of nitrogens with zero attached hydrogens (tertiary/aromatic N) is 3. The molecular formula is C17H20N5O5S+. The molecule has 3 aliphatic rings. The fraction of sp³-hybridized carbons (Fsp3) is 0.412. The van der Waals surface area contributed by atoms with E-state index >= 15 is 0 Å². The molecule has 3 amide bonds. The van der Waals surface area contributed by atoms with E-state index in [9.17, 15) is 18.0 Å². The van der Waals surface area contributed by atoms with Crippen LogP contribution in [0.3, 0.4) is 0 Å². The van der Waals surface area contributed by atoms with Gasteiger partial charge in [-0.25, -0.2) is 17.9 Å². The van der Waals surface area contributed by atoms with Gasteiger partial charge in [0.1, 0.15) is 11.6 Å². The number of rotatable bonds is 5. The van der Waals surface area contributed by atoms with Crippen LogP contribution in [0, 0.1) is 5.92 Å². The molecule has 1 aliphatic heterocycles. The summed E-state index contributed by atoms with van der Waals surface area (Å²) in [6.07, 6.45) is 5.82. The standard InChI is InChI=1S/C17H20N5O5S/c1-17(5-6-17)20-28(25,26)11-3-4-13-12(8-11)15(23)22(16(24)21(13)2)9-10-7-14(18)19-27-10/h3-4,7-8,12,20H,5-6,9H2,1-2H3,(H2,18,19)/q+1. The first kappa shape index (κ1) is 18.6. The van der Waals surface area contributed by atoms with Crippen molar-refractivity contribution >= 4 is 33.5 Å². The molecule has 1 unspecified atom stereocenters. The lowest BCUT2D eigenvalue weighted by Crippen LogP contribution is -2.53. The van der Waals surface area contributed by atoms with Gasteiger partial charge in [-0.3, -0.25) is 0 Å². The van der Waals surface area contributed by atoms with E-state index < -0.39 is 33.4 Å². The number of sulfonamides is 1. The number of anilines is 1. The molecule has 2 aliphatic carbocycles. The van der Waals surface area contributed by atoms with Gasteiger partial charge in [0.05, 0.1) is 12.0 Å². The number of carbonyl (C=O) groups is 2. The van der Waals surface area contributed by atoms with E-state index in [1.165, 1.54) is 35.9 Å². The average molecular weight is 406 g/mol. The van der Waals surface area contributed by atoms with E-state index in [-0.39, 0.29) is 23.0 Å². The smallest absolute Gasteiger partial charge is 0.381 e. The van der Waals surface area contributed by atoms with Gasteiger partial charge >= 0.3 is 11.9 Å². The van der Waals surface area contributed by atoms with Crippen molar-refractivity contribution in [1.82, 2.24) is 14.8 Å². The van der Waals surface area contributed by atoms with Crippen LogP contribution in [0.5, 0.6) is 0 Å². The van der Waals surface area contributed by atoms with Crippen LogP contribution in [-0.4, -0.2) is 53.3 Å². The van der Waals surface area contributed by atoms with E-state index in [1.54, 1.807) is 0 Å². The van der Waals surface area contributed by atoms with E-state index in [0.717, 1.165) is 17.7 Å². The summed E-state index contributed by atoms with van der Waals surface area (Å²) in [6.45, 7) is 1.68. The molecule has 2 heterocycles. The molecule has 28 heavy (non-hydrogen) atoms. The highest BCUT2D eigenvalue weighted by Gasteiger charge is 2.48. The van der Waals surface area contributed by atoms with Crippen LogP contribution in [0.25, 0.3) is 0 Å². The summed E-state index contributed by atoms with van der Waals surface area (Å²) >= 11 is 0. The highest BCUT2D eigenvalue weighted by molar-refractivity contribution is 7.93. The Morgan fingerprint density at radius 3 is 2.71 bits per heavy atom. The Hall–Kier alpha value is -2.79. The summed E-state index contributed by atoms with van der Waals surface area (Å²) in [6, 6.07) is 0.881. The first-order valence-corrected chi connectivity index (χ1v) is 10.2. The maximum atomic E-state index is 13.0. The summed E-state index contributed by atoms with van der Waals surface area (Å²) in [5.74, 6) is -1.04. The second-order valence-electron chi connectivity index (χ2n) is 7.46. The van der Waals surface area contributed by atoms with Gasteiger partial charge in [-0.05, 0) is 38.0 Å². The molecule has 10 nitrogen and oxygen atoms in total. The molecule has 11 heteroatoms. The lowest BCUT2D eigenvalue weighted by atomic mass is 9.94. The zero-order valence-electron chi connectivity index (χ0n) is 15.4. The second-order valence-corrected chi connectivity index (χ2v) is 9.14. The monoisotopic (exact) mass is 406 g/mol. The van der Waals surface area contributed by atoms with Crippen LogP contribution in [-0.2, 0) is 21.4 Å². The van der Waals surface area contributed by atoms with Gasteiger partial charge in [0.25, 0.3) is 0 Å². The molecule has 1 saturated carbocycles. The Kier molecular flexibility index (Phi) is 4.05. The molecule has 1 aromatic heterocycles. The molecular weight excluding hydrogens is 386 g/mol. The molecule has 1 fully saturated rings. The minimum Gasteiger partial charge on any atom is -0.381 e. The number of carbonyl (C=O) groups excluding carboxylic acids is 2. The Bertz CT molecular complexity index is 1080. The quantitative estimate of drug-likeness (QED) is 0.673. The number of aromatic nitrogens is 1. The predicted octanol–water partition coefficient (Wildman–Crippen LogP) is 0.344. The molecule has 1 aromatic rings. The third-order valence-electron chi connectivity index (χ3n) is 5.09. The number of nitrogens with two attached hydrogens (primary N) is 1. The molecule has 148 valence electrons. The number of urea groups is 1. The largest absolute Gasteiger partial charge is 0.501 e. The zero-order valence-corrected chi connectivity index (χ0v) is 16.2. The van der Waals surface area contributed by atoms with E-state index in [0.29, 0.717) is 5.71 Å². The summed E-state index contributed by atoms with van der Waals surface area (Å²) in [5.41, 5.74) is 5.49. The molecule has 0 aromatic carbocycles. The van der Waals surface area contributed by atoms with Crippen molar-refractivity contribution in [3.8, 4) is 0 Å². The molecule has 0 radical (unpaired) electrons. The number of nitrogen functional groups attached to an aromatic ring is 1. The Morgan fingerprint density at radius 1 is 1.39 bits per heavy atom. The Balaban J connectivity index is 1.66. The van der Waals surface area contributed by atoms with Gasteiger partial charge in [-0.15, -0.1) is 0 Å². The lowest BCUT2D eigenvalue weighted by Gasteiger charge is -2.26. The number of hydrogen-bond donors (Lipinski definition) is 2. The van der Waals surface area contributed by atoms with Crippen LogP contribution >= 0.6 is 0 Å². The fourth-order valence-corrected chi connectivity index (χ4v) is 4.74. The van der Waals surface area contributed by atoms with E-state index in [2.05, 4.69) is 9.88 Å². The second kappa shape index (κ2) is 6.11. The summed E-state index contributed by atoms with van der Waals surface area (Å²) in [7, 11) is -2.24. The van der Waals surface area contributed by atoms with Crippen molar-refractivity contribution in [2.45, 2.75) is 31.8 Å². The van der Waals surface area contributed by atoms with Gasteiger partial charge in [0.15, 0.2) is 18.1 Å². The van der Waals surface area contributed by atoms with Crippen LogP contribution < -0.4 is 10.5 Å². The van der Waals surface area contributed by atoms with Crippen LogP contribution in [0.1, 0.15) is 25.5 Å². The Labute approximate surface area is 161 Å². The minimum atomic E-state index is -3.76. The van der Waals surface area contributed by atoms with Gasteiger partial charge in [-0.1, -0.05) is 5.16 Å². The number of nitrogens with one attached hydrogen (secondary N) is 1. The van der Waals surface area contributed by atoms with Crippen LogP contribution in [0.15, 0.2) is 33.7 Å². The lowest BCUT2D eigenvalue weighted by molar-refractivity contribution is -0.406. The summed E-state index contributed by atoms with van der Waals surface area (Å²) in [4.78, 5) is 26.6. The van der Waals surface area contributed by atoms with Crippen LogP contribution in [0.2, 0.25) is 0 Å². The average Bonchev–Trinajstić information content (AvgIpc) is 3.20. The number of amides is 3. The summed E-state index contributed by atoms with van der Waals surface area (Å²) in [5, 5.41) is 3.54. The highest BCUT2D eigenvalue weighted by Crippen LogP contribution is 2.36. The number of imide groups is 1. The molecule has 1 atom stereocenters. The third kappa shape index (κ3) is 3.16. The number of hydrogen-bond acceptors (Lipinski definition) is 7. The number of allylic oxidation sites excluding steroid dienone is 2. The summed E-state index contributed by atoms with van der Waals surface area (Å²) < 4.78 is 34.3. The maximum Gasteiger partial charge on any atom is 0.501 e. The normalized spacial score (nSPS) is 23.7. The van der Waals surface area contributed by atoms with Crippen molar-refractivity contribution in [2.75, 3.05) is 12.8 Å². The third-order valence-corrected chi connectivity index (χ3v) is 6.74. The molecule has 0 bridgehead atoms. The molecule has 3 N–H and O–H groups in total. The first-order chi connectivity index (χ1) is 13.1.